The maximum absolute atomic E-state index is 2.57. The van der Waals surface area contributed by atoms with E-state index in [1.165, 1.54) is 128 Å². The molecule has 0 bridgehead atoms. The number of hydrogen-bond acceptors (Lipinski definition) is 0. The molecule has 4 aliphatic rings. The number of hydrogen-bond donors (Lipinski definition) is 0. The van der Waals surface area contributed by atoms with Crippen LogP contribution in [0.4, 0.5) is 0 Å². The Morgan fingerprint density at radius 1 is 0.344 bits per heavy atom. The second-order valence-corrected chi connectivity index (χ2v) is 19.1. The Kier molecular flexibility index (Phi) is 7.12. The van der Waals surface area contributed by atoms with Crippen LogP contribution in [0, 0.1) is 0 Å². The van der Waals surface area contributed by atoms with E-state index in [-0.39, 0.29) is 16.7 Å². The predicted molar refractivity (Wildman–Crippen MR) is 255 cm³/mol. The normalized spacial score (nSPS) is 15.2. The molecule has 9 aromatic rings. The lowest BCUT2D eigenvalue weighted by molar-refractivity contribution is 0.657. The Labute approximate surface area is 359 Å². The Balaban J connectivity index is 1.01. The number of benzene rings is 9. The van der Waals surface area contributed by atoms with Gasteiger partial charge in [0.1, 0.15) is 0 Å². The van der Waals surface area contributed by atoms with Crippen molar-refractivity contribution in [2.75, 3.05) is 0 Å². The SMILES string of the molecule is CC1(C)c2ccccc2-c2ccc(C(c3ccc4c(c3)-c3cc5ccccc5c(-c5cccc6c5Cc5ccccc5-6)c3C4)c3ccc4c(c3)C(C)(C)c3ccccc3-4)cc21. The summed E-state index contributed by atoms with van der Waals surface area (Å²) in [7, 11) is 0. The van der Waals surface area contributed by atoms with Gasteiger partial charge in [-0.05, 0) is 153 Å². The predicted octanol–water partition coefficient (Wildman–Crippen LogP) is 15.4. The van der Waals surface area contributed by atoms with E-state index >= 15 is 0 Å². The number of rotatable bonds is 4. The maximum atomic E-state index is 2.57. The van der Waals surface area contributed by atoms with Crippen LogP contribution < -0.4 is 0 Å². The molecule has 9 aromatic carbocycles. The summed E-state index contributed by atoms with van der Waals surface area (Å²) in [6, 6.07) is 67.8. The molecule has 290 valence electrons. The van der Waals surface area contributed by atoms with E-state index in [1.54, 1.807) is 0 Å². The summed E-state index contributed by atoms with van der Waals surface area (Å²) in [4.78, 5) is 0. The molecule has 0 spiro atoms. The van der Waals surface area contributed by atoms with Crippen molar-refractivity contribution in [3.63, 3.8) is 0 Å². The average molecular weight is 779 g/mol. The van der Waals surface area contributed by atoms with Crippen LogP contribution in [0.15, 0.2) is 176 Å². The summed E-state index contributed by atoms with van der Waals surface area (Å²) in [6.07, 6.45) is 1.91. The van der Waals surface area contributed by atoms with Crippen LogP contribution in [-0.2, 0) is 23.7 Å². The molecule has 0 heteroatoms. The van der Waals surface area contributed by atoms with E-state index in [2.05, 4.69) is 204 Å². The Bertz CT molecular complexity index is 3260. The van der Waals surface area contributed by atoms with Gasteiger partial charge in [-0.25, -0.2) is 0 Å². The van der Waals surface area contributed by atoms with Crippen molar-refractivity contribution < 1.29 is 0 Å². The highest BCUT2D eigenvalue weighted by atomic mass is 14.4. The fraction of sp³-hybridized carbons (Fsp3) is 0.148. The van der Waals surface area contributed by atoms with Crippen molar-refractivity contribution in [3.8, 4) is 55.6 Å². The van der Waals surface area contributed by atoms with Crippen molar-refractivity contribution in [2.45, 2.75) is 57.3 Å². The van der Waals surface area contributed by atoms with Crippen molar-refractivity contribution in [3.05, 3.63) is 237 Å². The molecule has 0 radical (unpaired) electrons. The summed E-state index contributed by atoms with van der Waals surface area (Å²) >= 11 is 0. The minimum atomic E-state index is -0.0820. The molecule has 4 aliphatic carbocycles. The maximum Gasteiger partial charge on any atom is 0.0340 e. The van der Waals surface area contributed by atoms with Gasteiger partial charge < -0.3 is 0 Å². The van der Waals surface area contributed by atoms with E-state index in [0.29, 0.717) is 0 Å². The fourth-order valence-corrected chi connectivity index (χ4v) is 12.3. The van der Waals surface area contributed by atoms with Gasteiger partial charge >= 0.3 is 0 Å². The molecule has 0 aromatic heterocycles. The summed E-state index contributed by atoms with van der Waals surface area (Å²) < 4.78 is 0. The molecule has 0 nitrogen and oxygen atoms in total. The highest BCUT2D eigenvalue weighted by Crippen LogP contribution is 2.54. The van der Waals surface area contributed by atoms with E-state index < -0.39 is 0 Å². The van der Waals surface area contributed by atoms with E-state index in [0.717, 1.165) is 12.8 Å². The summed E-state index contributed by atoms with van der Waals surface area (Å²) in [5, 5.41) is 2.65. The first kappa shape index (κ1) is 35.0. The van der Waals surface area contributed by atoms with Gasteiger partial charge in [-0.1, -0.05) is 191 Å². The van der Waals surface area contributed by atoms with Gasteiger partial charge in [0.2, 0.25) is 0 Å². The summed E-state index contributed by atoms with van der Waals surface area (Å²) in [5.41, 5.74) is 29.1. The highest BCUT2D eigenvalue weighted by molar-refractivity contribution is 6.06. The van der Waals surface area contributed by atoms with Crippen LogP contribution in [-0.4, -0.2) is 0 Å². The first-order valence-electron chi connectivity index (χ1n) is 22.1. The third kappa shape index (κ3) is 4.82. The summed E-state index contributed by atoms with van der Waals surface area (Å²) in [5.74, 6) is 0.0554. The third-order valence-corrected chi connectivity index (χ3v) is 15.3. The molecule has 0 N–H and O–H groups in total. The van der Waals surface area contributed by atoms with Gasteiger partial charge in [0.15, 0.2) is 0 Å². The molecule has 13 rings (SSSR count). The lowest BCUT2D eigenvalue weighted by Crippen LogP contribution is -2.17. The van der Waals surface area contributed by atoms with Crippen LogP contribution in [0.3, 0.4) is 0 Å². The van der Waals surface area contributed by atoms with Crippen molar-refractivity contribution in [1.82, 2.24) is 0 Å². The zero-order valence-electron chi connectivity index (χ0n) is 35.2. The Morgan fingerprint density at radius 2 is 0.852 bits per heavy atom. The Hall–Kier alpha value is -6.76. The molecule has 0 saturated heterocycles. The number of fused-ring (bicyclic) bond motifs is 13. The van der Waals surface area contributed by atoms with Gasteiger partial charge in [-0.15, -0.1) is 0 Å². The van der Waals surface area contributed by atoms with E-state index in [4.69, 9.17) is 0 Å². The smallest absolute Gasteiger partial charge is 0.0340 e. The summed E-state index contributed by atoms with van der Waals surface area (Å²) in [6.45, 7) is 9.61. The molecular weight excluding hydrogens is 733 g/mol. The fourth-order valence-electron chi connectivity index (χ4n) is 12.3. The van der Waals surface area contributed by atoms with Crippen molar-refractivity contribution in [1.29, 1.82) is 0 Å². The van der Waals surface area contributed by atoms with E-state index in [9.17, 15) is 0 Å². The molecule has 0 unspecified atom stereocenters. The Morgan fingerprint density at radius 3 is 1.56 bits per heavy atom. The molecule has 0 aliphatic heterocycles. The average Bonchev–Trinajstić information content (AvgIpc) is 3.98. The van der Waals surface area contributed by atoms with Crippen LogP contribution in [0.2, 0.25) is 0 Å². The minimum Gasteiger partial charge on any atom is -0.0619 e. The zero-order chi connectivity index (χ0) is 40.8. The minimum absolute atomic E-state index is 0.0554. The highest BCUT2D eigenvalue weighted by Gasteiger charge is 2.38. The molecule has 0 atom stereocenters. The standard InChI is InChI=1S/C61H46/c1-60(2)54-22-11-9-18-45(54)47-28-26-40(34-56(47)60)58(41-27-29-48-46-19-10-12-23-55(46)61(3,4)57(48)35-41)39-25-24-38-32-53-52(50(38)33-39)31-37-15-6-8-17-43(37)59(53)49-21-13-20-44-42-16-7-5-14-36(42)30-51(44)49/h5-29,31,33-35,58H,30,32H2,1-4H3. The molecule has 61 heavy (non-hydrogen) atoms. The lowest BCUT2D eigenvalue weighted by Gasteiger charge is -2.26. The van der Waals surface area contributed by atoms with Gasteiger partial charge in [0, 0.05) is 16.7 Å². The van der Waals surface area contributed by atoms with Gasteiger partial charge in [0.05, 0.1) is 0 Å². The van der Waals surface area contributed by atoms with Crippen LogP contribution >= 0.6 is 0 Å². The van der Waals surface area contributed by atoms with Crippen molar-refractivity contribution >= 4 is 10.8 Å². The van der Waals surface area contributed by atoms with Crippen LogP contribution in [0.5, 0.6) is 0 Å². The molecular formula is C61H46. The first-order valence-corrected chi connectivity index (χ1v) is 22.1. The molecule has 0 saturated carbocycles. The van der Waals surface area contributed by atoms with Gasteiger partial charge in [-0.3, -0.25) is 0 Å². The van der Waals surface area contributed by atoms with Crippen LogP contribution in [0.25, 0.3) is 66.4 Å². The van der Waals surface area contributed by atoms with Gasteiger partial charge in [-0.2, -0.15) is 0 Å². The first-order chi connectivity index (χ1) is 29.8. The van der Waals surface area contributed by atoms with Crippen LogP contribution in [0.1, 0.15) is 94.8 Å². The second kappa shape index (κ2) is 12.4. The molecule has 0 amide bonds. The van der Waals surface area contributed by atoms with Crippen molar-refractivity contribution in [2.24, 2.45) is 0 Å². The monoisotopic (exact) mass is 778 g/mol. The second-order valence-electron chi connectivity index (χ2n) is 19.1. The third-order valence-electron chi connectivity index (χ3n) is 15.3. The lowest BCUT2D eigenvalue weighted by atomic mass is 9.77. The topological polar surface area (TPSA) is 0 Å². The zero-order valence-corrected chi connectivity index (χ0v) is 35.2. The molecule has 0 fully saturated rings. The largest absolute Gasteiger partial charge is 0.0619 e. The molecule has 0 heterocycles. The van der Waals surface area contributed by atoms with Gasteiger partial charge in [0.25, 0.3) is 0 Å². The van der Waals surface area contributed by atoms with E-state index in [1.807, 2.05) is 0 Å². The quantitative estimate of drug-likeness (QED) is 0.156.